The molecule has 5 fully saturated rings. The van der Waals surface area contributed by atoms with Crippen LogP contribution < -0.4 is 20.9 Å². The molecule has 7 unspecified atom stereocenters. The molecule has 172 valence electrons. The maximum atomic E-state index is 13.2. The molecule has 4 aliphatic heterocycles. The zero-order valence-corrected chi connectivity index (χ0v) is 19.0. The molecule has 4 saturated heterocycles. The number of hydrogen-bond donors (Lipinski definition) is 4. The second-order valence-electron chi connectivity index (χ2n) is 10.0. The van der Waals surface area contributed by atoms with Gasteiger partial charge in [0.25, 0.3) is 0 Å². The van der Waals surface area contributed by atoms with Gasteiger partial charge in [-0.1, -0.05) is 6.42 Å². The van der Waals surface area contributed by atoms with Crippen molar-refractivity contribution < 1.29 is 13.2 Å². The minimum atomic E-state index is -3.33. The Morgan fingerprint density at radius 3 is 2.57 bits per heavy atom. The number of nitrogens with zero attached hydrogens (tertiary/aromatic N) is 2. The van der Waals surface area contributed by atoms with Crippen LogP contribution in [0, 0.1) is 11.8 Å². The summed E-state index contributed by atoms with van der Waals surface area (Å²) in [6.45, 7) is 6.36. The van der Waals surface area contributed by atoms with E-state index in [9.17, 15) is 8.42 Å². The van der Waals surface area contributed by atoms with Crippen LogP contribution in [0.4, 0.5) is 0 Å². The van der Waals surface area contributed by atoms with Crippen LogP contribution in [0.15, 0.2) is 0 Å². The first-order valence-corrected chi connectivity index (χ1v) is 13.3. The van der Waals surface area contributed by atoms with Crippen molar-refractivity contribution in [1.29, 1.82) is 0 Å². The first kappa shape index (κ1) is 21.5. The summed E-state index contributed by atoms with van der Waals surface area (Å²) < 4.78 is 34.9. The molecule has 0 aromatic heterocycles. The standard InChI is InChI=1S/C20H38N6O3S/c1-13-17(10-23-26(13)15-11-29-12-15)18-7-6-16(9-21-18)30(27,28)24-19-5-3-4-14-8-22-25(2)20(14)19/h13-24H,3-12H2,1-2H3. The van der Waals surface area contributed by atoms with Crippen LogP contribution in [-0.4, -0.2) is 93.8 Å². The topological polar surface area (TPSA) is 98.0 Å². The lowest BCUT2D eigenvalue weighted by Crippen LogP contribution is -2.58. The smallest absolute Gasteiger partial charge is 0.216 e. The Morgan fingerprint density at radius 1 is 1.03 bits per heavy atom. The molecule has 0 amide bonds. The number of fused-ring (bicyclic) bond motifs is 1. The third-order valence-electron chi connectivity index (χ3n) is 8.30. The second kappa shape index (κ2) is 8.55. The van der Waals surface area contributed by atoms with Gasteiger partial charge in [0.05, 0.1) is 24.5 Å². The number of nitrogens with one attached hydrogen (secondary N) is 4. The highest BCUT2D eigenvalue weighted by Gasteiger charge is 2.45. The van der Waals surface area contributed by atoms with E-state index < -0.39 is 10.0 Å². The molecule has 30 heavy (non-hydrogen) atoms. The molecule has 4 heterocycles. The summed E-state index contributed by atoms with van der Waals surface area (Å²) >= 11 is 0. The van der Waals surface area contributed by atoms with Crippen molar-refractivity contribution in [2.45, 2.75) is 74.5 Å². The molecule has 1 aliphatic carbocycles. The van der Waals surface area contributed by atoms with Crippen molar-refractivity contribution in [3.05, 3.63) is 0 Å². The van der Waals surface area contributed by atoms with Crippen molar-refractivity contribution in [2.75, 3.05) is 39.9 Å². The Morgan fingerprint density at radius 2 is 1.87 bits per heavy atom. The van der Waals surface area contributed by atoms with Crippen LogP contribution in [0.3, 0.4) is 0 Å². The van der Waals surface area contributed by atoms with Gasteiger partial charge in [-0.05, 0) is 38.5 Å². The molecule has 10 heteroatoms. The first-order chi connectivity index (χ1) is 14.4. The minimum absolute atomic E-state index is 0.0174. The number of hydrogen-bond acceptors (Lipinski definition) is 8. The molecule has 5 rings (SSSR count). The summed E-state index contributed by atoms with van der Waals surface area (Å²) in [7, 11) is -1.29. The fourth-order valence-corrected chi connectivity index (χ4v) is 8.05. The summed E-state index contributed by atoms with van der Waals surface area (Å²) in [6, 6.07) is 1.57. The lowest BCUT2D eigenvalue weighted by atomic mass is 9.82. The molecule has 7 atom stereocenters. The maximum Gasteiger partial charge on any atom is 0.216 e. The van der Waals surface area contributed by atoms with E-state index in [1.165, 1.54) is 6.42 Å². The van der Waals surface area contributed by atoms with Gasteiger partial charge in [-0.25, -0.2) is 23.2 Å². The fraction of sp³-hybridized carbons (Fsp3) is 1.00. The van der Waals surface area contributed by atoms with Crippen LogP contribution >= 0.6 is 0 Å². The Bertz CT molecular complexity index is 709. The number of piperidine rings is 1. The van der Waals surface area contributed by atoms with Gasteiger partial charge >= 0.3 is 0 Å². The predicted octanol–water partition coefficient (Wildman–Crippen LogP) is -0.763. The van der Waals surface area contributed by atoms with E-state index >= 15 is 0 Å². The van der Waals surface area contributed by atoms with Gasteiger partial charge in [-0.3, -0.25) is 10.9 Å². The molecule has 0 bridgehead atoms. The fourth-order valence-electron chi connectivity index (χ4n) is 6.42. The first-order valence-electron chi connectivity index (χ1n) is 11.7. The molecule has 9 nitrogen and oxygen atoms in total. The molecule has 0 radical (unpaired) electrons. The van der Waals surface area contributed by atoms with Crippen LogP contribution in [0.25, 0.3) is 0 Å². The second-order valence-corrected chi connectivity index (χ2v) is 12.0. The SMILES string of the molecule is CC1C(C2CCC(S(=O)(=O)NC3CCCC4CNN(C)C43)CN2)CNN1C1COC1. The Labute approximate surface area is 180 Å². The third kappa shape index (κ3) is 3.94. The van der Waals surface area contributed by atoms with Crippen molar-refractivity contribution >= 4 is 10.0 Å². The van der Waals surface area contributed by atoms with Crippen LogP contribution in [0.5, 0.6) is 0 Å². The van der Waals surface area contributed by atoms with E-state index in [1.54, 1.807) is 0 Å². The number of rotatable bonds is 5. The van der Waals surface area contributed by atoms with E-state index in [4.69, 9.17) is 4.74 Å². The minimum Gasteiger partial charge on any atom is -0.378 e. The largest absolute Gasteiger partial charge is 0.378 e. The molecule has 4 N–H and O–H groups in total. The van der Waals surface area contributed by atoms with Gasteiger partial charge in [0.2, 0.25) is 10.0 Å². The summed E-state index contributed by atoms with van der Waals surface area (Å²) in [5.41, 5.74) is 6.94. The van der Waals surface area contributed by atoms with Gasteiger partial charge in [0.1, 0.15) is 0 Å². The molecule has 1 saturated carbocycles. The number of likely N-dealkylation sites (N-methyl/N-ethyl adjacent to an activating group) is 1. The van der Waals surface area contributed by atoms with Gasteiger partial charge in [-0.15, -0.1) is 0 Å². The van der Waals surface area contributed by atoms with E-state index in [-0.39, 0.29) is 17.3 Å². The summed E-state index contributed by atoms with van der Waals surface area (Å²) in [6.07, 6.45) is 4.86. The normalized spacial score (nSPS) is 44.1. The highest BCUT2D eigenvalue weighted by Crippen LogP contribution is 2.32. The zero-order chi connectivity index (χ0) is 20.9. The molecule has 5 aliphatic rings. The molecular formula is C20H38N6O3S. The van der Waals surface area contributed by atoms with Gasteiger partial charge < -0.3 is 10.1 Å². The summed E-state index contributed by atoms with van der Waals surface area (Å²) in [5, 5.41) is 7.73. The number of hydrazine groups is 2. The van der Waals surface area contributed by atoms with Crippen LogP contribution in [0.2, 0.25) is 0 Å². The van der Waals surface area contributed by atoms with E-state index in [2.05, 4.69) is 37.8 Å². The Hall–Kier alpha value is -0.330. The summed E-state index contributed by atoms with van der Waals surface area (Å²) in [5.74, 6) is 1.05. The molecule has 0 aromatic rings. The average Bonchev–Trinajstić information content (AvgIpc) is 3.25. The maximum absolute atomic E-state index is 13.2. The molecular weight excluding hydrogens is 404 g/mol. The van der Waals surface area contributed by atoms with Crippen molar-refractivity contribution in [2.24, 2.45) is 11.8 Å². The van der Waals surface area contributed by atoms with Gasteiger partial charge in [0, 0.05) is 56.8 Å². The Kier molecular flexibility index (Phi) is 6.13. The van der Waals surface area contributed by atoms with Crippen LogP contribution in [-0.2, 0) is 14.8 Å². The van der Waals surface area contributed by atoms with Crippen molar-refractivity contribution in [1.82, 2.24) is 30.9 Å². The predicted molar refractivity (Wildman–Crippen MR) is 115 cm³/mol. The van der Waals surface area contributed by atoms with Crippen molar-refractivity contribution in [3.63, 3.8) is 0 Å². The highest BCUT2D eigenvalue weighted by molar-refractivity contribution is 7.90. The third-order valence-corrected chi connectivity index (χ3v) is 10.2. The van der Waals surface area contributed by atoms with Gasteiger partial charge in [-0.2, -0.15) is 0 Å². The highest BCUT2D eigenvalue weighted by atomic mass is 32.2. The van der Waals surface area contributed by atoms with Crippen molar-refractivity contribution in [3.8, 4) is 0 Å². The zero-order valence-electron chi connectivity index (χ0n) is 18.2. The molecule has 0 spiro atoms. The monoisotopic (exact) mass is 442 g/mol. The number of sulfonamides is 1. The number of ether oxygens (including phenoxy) is 1. The average molecular weight is 443 g/mol. The van der Waals surface area contributed by atoms with E-state index in [1.807, 2.05) is 7.05 Å². The quantitative estimate of drug-likeness (QED) is 0.441. The van der Waals surface area contributed by atoms with E-state index in [0.717, 1.165) is 52.0 Å². The molecule has 0 aromatic carbocycles. The summed E-state index contributed by atoms with van der Waals surface area (Å²) in [4.78, 5) is 0. The lowest BCUT2D eigenvalue weighted by Gasteiger charge is -2.40. The lowest BCUT2D eigenvalue weighted by molar-refractivity contribution is -0.0866. The van der Waals surface area contributed by atoms with E-state index in [0.29, 0.717) is 36.5 Å². The van der Waals surface area contributed by atoms with Gasteiger partial charge in [0.15, 0.2) is 0 Å². The Balaban J connectivity index is 1.16. The van der Waals surface area contributed by atoms with Crippen LogP contribution in [0.1, 0.15) is 39.0 Å².